The predicted molar refractivity (Wildman–Crippen MR) is 65.5 cm³/mol. The number of aromatic nitrogens is 2. The van der Waals surface area contributed by atoms with E-state index in [-0.39, 0.29) is 5.82 Å². The number of hydrogen-bond donors (Lipinski definition) is 4. The standard InChI is InChI=1S/C11H15N3O6/c1-5(16)11(4-15)8(18)7(17)9(20-11)14-3-2-6(12)13-10(14)19/h2-3,7-9,15,17-18H,4H2,1H3,(H2,12,13,19)/t7?,8?,9-,11+/m1/s1. The Morgan fingerprint density at radius 3 is 2.70 bits per heavy atom. The van der Waals surface area contributed by atoms with E-state index in [1.54, 1.807) is 0 Å². The number of nitrogens with zero attached hydrogens (tertiary/aromatic N) is 2. The second kappa shape index (κ2) is 4.94. The molecule has 0 aromatic carbocycles. The van der Waals surface area contributed by atoms with Gasteiger partial charge in [-0.2, -0.15) is 4.98 Å². The predicted octanol–water partition coefficient (Wildman–Crippen LogP) is -2.60. The van der Waals surface area contributed by atoms with Gasteiger partial charge in [-0.05, 0) is 13.0 Å². The van der Waals surface area contributed by atoms with Crippen molar-refractivity contribution in [2.45, 2.75) is 31.0 Å². The van der Waals surface area contributed by atoms with Crippen LogP contribution in [0.1, 0.15) is 13.2 Å². The van der Waals surface area contributed by atoms with Gasteiger partial charge in [-0.15, -0.1) is 0 Å². The Morgan fingerprint density at radius 1 is 1.60 bits per heavy atom. The lowest BCUT2D eigenvalue weighted by Crippen LogP contribution is -2.51. The normalized spacial score (nSPS) is 33.3. The Hall–Kier alpha value is -1.81. The van der Waals surface area contributed by atoms with Crippen molar-refractivity contribution in [1.82, 2.24) is 9.55 Å². The van der Waals surface area contributed by atoms with Crippen LogP contribution in [-0.4, -0.2) is 55.1 Å². The number of nitrogen functional groups attached to an aromatic ring is 1. The molecule has 1 aliphatic heterocycles. The number of ether oxygens (including phenoxy) is 1. The van der Waals surface area contributed by atoms with Gasteiger partial charge < -0.3 is 25.8 Å². The quantitative estimate of drug-likeness (QED) is 0.472. The summed E-state index contributed by atoms with van der Waals surface area (Å²) in [6, 6.07) is 1.30. The zero-order valence-electron chi connectivity index (χ0n) is 10.6. The first-order chi connectivity index (χ1) is 9.33. The lowest BCUT2D eigenvalue weighted by molar-refractivity contribution is -0.162. The van der Waals surface area contributed by atoms with Crippen molar-refractivity contribution in [3.63, 3.8) is 0 Å². The first-order valence-corrected chi connectivity index (χ1v) is 5.84. The van der Waals surface area contributed by atoms with Gasteiger partial charge in [0, 0.05) is 6.20 Å². The average molecular weight is 285 g/mol. The minimum Gasteiger partial charge on any atom is -0.393 e. The van der Waals surface area contributed by atoms with Crippen molar-refractivity contribution >= 4 is 11.6 Å². The SMILES string of the molecule is CC(=O)[C@]1(CO)O[C@@H](n2ccc(N)nc2=O)C(O)C1O. The van der Waals surface area contributed by atoms with Crippen molar-refractivity contribution in [2.24, 2.45) is 0 Å². The molecule has 2 heterocycles. The first-order valence-electron chi connectivity index (χ1n) is 5.84. The average Bonchev–Trinajstić information content (AvgIpc) is 2.64. The van der Waals surface area contributed by atoms with Crippen molar-refractivity contribution < 1.29 is 24.9 Å². The van der Waals surface area contributed by atoms with Crippen LogP contribution < -0.4 is 11.4 Å². The van der Waals surface area contributed by atoms with Crippen molar-refractivity contribution in [1.29, 1.82) is 0 Å². The largest absolute Gasteiger partial charge is 0.393 e. The number of hydrogen-bond acceptors (Lipinski definition) is 8. The summed E-state index contributed by atoms with van der Waals surface area (Å²) in [5.41, 5.74) is 2.57. The highest BCUT2D eigenvalue weighted by Crippen LogP contribution is 2.37. The molecule has 9 heteroatoms. The molecule has 1 fully saturated rings. The van der Waals surface area contributed by atoms with Gasteiger partial charge in [0.25, 0.3) is 0 Å². The van der Waals surface area contributed by atoms with E-state index in [1.807, 2.05) is 0 Å². The van der Waals surface area contributed by atoms with Gasteiger partial charge in [0.1, 0.15) is 18.0 Å². The summed E-state index contributed by atoms with van der Waals surface area (Å²) in [5.74, 6) is -0.676. The van der Waals surface area contributed by atoms with Crippen molar-refractivity contribution in [3.05, 3.63) is 22.7 Å². The van der Waals surface area contributed by atoms with E-state index in [0.717, 1.165) is 11.5 Å². The summed E-state index contributed by atoms with van der Waals surface area (Å²) in [4.78, 5) is 26.8. The number of aliphatic hydroxyl groups is 3. The van der Waals surface area contributed by atoms with Crippen molar-refractivity contribution in [2.75, 3.05) is 12.3 Å². The highest BCUT2D eigenvalue weighted by Gasteiger charge is 2.57. The Balaban J connectivity index is 2.45. The molecule has 9 nitrogen and oxygen atoms in total. The van der Waals surface area contributed by atoms with Crippen LogP contribution in [0.3, 0.4) is 0 Å². The molecule has 0 radical (unpaired) electrons. The fourth-order valence-electron chi connectivity index (χ4n) is 2.16. The smallest absolute Gasteiger partial charge is 0.351 e. The van der Waals surface area contributed by atoms with Crippen LogP contribution in [0, 0.1) is 0 Å². The van der Waals surface area contributed by atoms with Crippen LogP contribution in [0.5, 0.6) is 0 Å². The molecule has 5 N–H and O–H groups in total. The maximum absolute atomic E-state index is 11.7. The Morgan fingerprint density at radius 2 is 2.25 bits per heavy atom. The van der Waals surface area contributed by atoms with Gasteiger partial charge in [0.15, 0.2) is 17.6 Å². The van der Waals surface area contributed by atoms with Gasteiger partial charge in [0.2, 0.25) is 0 Å². The van der Waals surface area contributed by atoms with Crippen LogP contribution in [0.4, 0.5) is 5.82 Å². The van der Waals surface area contributed by atoms with Gasteiger partial charge in [0.05, 0.1) is 6.61 Å². The first kappa shape index (κ1) is 14.6. The summed E-state index contributed by atoms with van der Waals surface area (Å²) >= 11 is 0. The summed E-state index contributed by atoms with van der Waals surface area (Å²) in [7, 11) is 0. The fourth-order valence-corrected chi connectivity index (χ4v) is 2.16. The molecule has 1 aromatic heterocycles. The van der Waals surface area contributed by atoms with Gasteiger partial charge in [-0.25, -0.2) is 4.79 Å². The molecule has 2 rings (SSSR count). The van der Waals surface area contributed by atoms with E-state index in [2.05, 4.69) is 4.98 Å². The number of carbonyl (C=O) groups excluding carboxylic acids is 1. The summed E-state index contributed by atoms with van der Waals surface area (Å²) in [5, 5.41) is 29.2. The topological polar surface area (TPSA) is 148 Å². The Kier molecular flexibility index (Phi) is 3.61. The van der Waals surface area contributed by atoms with Gasteiger partial charge in [-0.3, -0.25) is 9.36 Å². The maximum atomic E-state index is 11.7. The molecule has 2 unspecified atom stereocenters. The molecule has 0 amide bonds. The van der Waals surface area contributed by atoms with E-state index in [4.69, 9.17) is 10.5 Å². The third-order valence-corrected chi connectivity index (χ3v) is 3.38. The summed E-state index contributed by atoms with van der Waals surface area (Å²) in [6.07, 6.45) is -3.37. The molecule has 20 heavy (non-hydrogen) atoms. The second-order valence-corrected chi connectivity index (χ2v) is 4.59. The van der Waals surface area contributed by atoms with Crippen LogP contribution in [0.2, 0.25) is 0 Å². The number of rotatable bonds is 3. The molecule has 0 saturated carbocycles. The molecule has 4 atom stereocenters. The fraction of sp³-hybridized carbons (Fsp3) is 0.545. The third-order valence-electron chi connectivity index (χ3n) is 3.38. The Bertz CT molecular complexity index is 588. The van der Waals surface area contributed by atoms with Crippen LogP contribution in [0.25, 0.3) is 0 Å². The molecule has 0 aliphatic carbocycles. The molecule has 1 aliphatic rings. The van der Waals surface area contributed by atoms with Crippen LogP contribution >= 0.6 is 0 Å². The lowest BCUT2D eigenvalue weighted by atomic mass is 9.92. The van der Waals surface area contributed by atoms with E-state index < -0.39 is 42.1 Å². The third kappa shape index (κ3) is 2.00. The molecule has 110 valence electrons. The highest BCUT2D eigenvalue weighted by atomic mass is 16.6. The summed E-state index contributed by atoms with van der Waals surface area (Å²) < 4.78 is 6.17. The van der Waals surface area contributed by atoms with Gasteiger partial charge in [-0.1, -0.05) is 0 Å². The minimum atomic E-state index is -1.97. The van der Waals surface area contributed by atoms with E-state index in [1.165, 1.54) is 12.3 Å². The molecular formula is C11H15N3O6. The zero-order valence-corrected chi connectivity index (χ0v) is 10.6. The molecule has 0 spiro atoms. The van der Waals surface area contributed by atoms with Crippen LogP contribution in [-0.2, 0) is 9.53 Å². The zero-order chi connectivity index (χ0) is 15.1. The van der Waals surface area contributed by atoms with E-state index in [0.29, 0.717) is 0 Å². The summed E-state index contributed by atoms with van der Waals surface area (Å²) in [6.45, 7) is 0.284. The molecule has 0 bridgehead atoms. The number of aliphatic hydroxyl groups excluding tert-OH is 3. The van der Waals surface area contributed by atoms with Gasteiger partial charge >= 0.3 is 5.69 Å². The number of nitrogens with two attached hydrogens (primary N) is 1. The number of carbonyl (C=O) groups is 1. The maximum Gasteiger partial charge on any atom is 0.351 e. The minimum absolute atomic E-state index is 0.0146. The number of Topliss-reactive ketones (excluding diaryl/α,β-unsaturated/α-hetero) is 1. The Labute approximate surface area is 113 Å². The number of ketones is 1. The van der Waals surface area contributed by atoms with E-state index in [9.17, 15) is 24.9 Å². The monoisotopic (exact) mass is 285 g/mol. The van der Waals surface area contributed by atoms with Crippen molar-refractivity contribution in [3.8, 4) is 0 Å². The lowest BCUT2D eigenvalue weighted by Gasteiger charge is -2.26. The molecular weight excluding hydrogens is 270 g/mol. The highest BCUT2D eigenvalue weighted by molar-refractivity contribution is 5.86. The molecule has 1 saturated heterocycles. The second-order valence-electron chi connectivity index (χ2n) is 4.59. The van der Waals surface area contributed by atoms with Crippen LogP contribution in [0.15, 0.2) is 17.1 Å². The molecule has 1 aromatic rings. The number of anilines is 1. The van der Waals surface area contributed by atoms with E-state index >= 15 is 0 Å².